The summed E-state index contributed by atoms with van der Waals surface area (Å²) in [5.74, 6) is 0.642. The highest BCUT2D eigenvalue weighted by Gasteiger charge is 2.10. The van der Waals surface area contributed by atoms with E-state index in [0.29, 0.717) is 19.0 Å². The summed E-state index contributed by atoms with van der Waals surface area (Å²) in [7, 11) is -0.823. The van der Waals surface area contributed by atoms with Crippen LogP contribution in [0.1, 0.15) is 38.0 Å². The van der Waals surface area contributed by atoms with Gasteiger partial charge >= 0.3 is 0 Å². The number of rotatable bonds is 8. The maximum atomic E-state index is 11.2. The second-order valence-corrected chi connectivity index (χ2v) is 7.62. The Balaban J connectivity index is 2.43. The third-order valence-electron chi connectivity index (χ3n) is 3.34. The van der Waals surface area contributed by atoms with Gasteiger partial charge in [-0.05, 0) is 30.4 Å². The van der Waals surface area contributed by atoms with Gasteiger partial charge in [0.15, 0.2) is 0 Å². The van der Waals surface area contributed by atoms with Gasteiger partial charge in [0.2, 0.25) is 0 Å². The number of hydrogen-bond donors (Lipinski definition) is 2. The van der Waals surface area contributed by atoms with Crippen LogP contribution >= 0.6 is 0 Å². The maximum Gasteiger partial charge on any atom is 0.0914 e. The minimum atomic E-state index is -0.823. The van der Waals surface area contributed by atoms with Crippen molar-refractivity contribution in [3.05, 3.63) is 35.4 Å². The summed E-state index contributed by atoms with van der Waals surface area (Å²) < 4.78 is 11.2. The van der Waals surface area contributed by atoms with Crippen molar-refractivity contribution in [1.82, 2.24) is 5.32 Å². The van der Waals surface area contributed by atoms with Gasteiger partial charge in [0.25, 0.3) is 0 Å². The molecule has 0 spiro atoms. The van der Waals surface area contributed by atoms with E-state index in [9.17, 15) is 9.32 Å². The van der Waals surface area contributed by atoms with Crippen molar-refractivity contribution >= 4 is 10.8 Å². The zero-order valence-electron chi connectivity index (χ0n) is 12.9. The first-order chi connectivity index (χ1) is 9.40. The number of hydrogen-bond acceptors (Lipinski definition) is 3. The molecule has 0 fully saturated rings. The van der Waals surface area contributed by atoms with Gasteiger partial charge in [-0.25, -0.2) is 0 Å². The van der Waals surface area contributed by atoms with E-state index in [1.807, 2.05) is 19.1 Å². The summed E-state index contributed by atoms with van der Waals surface area (Å²) in [5.41, 5.74) is 2.23. The van der Waals surface area contributed by atoms with Crippen molar-refractivity contribution in [2.75, 3.05) is 19.3 Å². The van der Waals surface area contributed by atoms with Crippen molar-refractivity contribution < 1.29 is 9.32 Å². The summed E-state index contributed by atoms with van der Waals surface area (Å²) >= 11 is 0. The first kappa shape index (κ1) is 17.3. The molecule has 3 unspecified atom stereocenters. The third kappa shape index (κ3) is 6.16. The second-order valence-electron chi connectivity index (χ2n) is 5.82. The fourth-order valence-electron chi connectivity index (χ4n) is 2.01. The van der Waals surface area contributed by atoms with Crippen molar-refractivity contribution in [2.24, 2.45) is 5.92 Å². The number of benzene rings is 1. The largest absolute Gasteiger partial charge is 0.387 e. The molecular formula is C16H27NO2S. The maximum absolute atomic E-state index is 11.2. The quantitative estimate of drug-likeness (QED) is 0.774. The highest BCUT2D eigenvalue weighted by Crippen LogP contribution is 2.15. The summed E-state index contributed by atoms with van der Waals surface area (Å²) in [5, 5.41) is 13.4. The Morgan fingerprint density at radius 2 is 1.75 bits per heavy atom. The molecule has 0 aliphatic rings. The molecule has 0 heterocycles. The van der Waals surface area contributed by atoms with E-state index < -0.39 is 16.9 Å². The molecule has 2 N–H and O–H groups in total. The number of nitrogens with one attached hydrogen (secondary N) is 1. The summed E-state index contributed by atoms with van der Waals surface area (Å²) in [6.45, 7) is 7.49. The SMILES string of the molecule is CC(C)Cc1ccc(C(O)CNCC(C)S(C)=O)cc1. The molecule has 114 valence electrons. The Bertz CT molecular complexity index is 417. The van der Waals surface area contributed by atoms with Gasteiger partial charge in [-0.3, -0.25) is 4.21 Å². The smallest absolute Gasteiger partial charge is 0.0914 e. The van der Waals surface area contributed by atoms with Crippen molar-refractivity contribution in [3.63, 3.8) is 0 Å². The van der Waals surface area contributed by atoms with E-state index in [2.05, 4.69) is 31.3 Å². The Hall–Kier alpha value is -0.710. The summed E-state index contributed by atoms with van der Waals surface area (Å²) in [4.78, 5) is 0. The van der Waals surface area contributed by atoms with Crippen LogP contribution in [0.5, 0.6) is 0 Å². The molecule has 4 heteroatoms. The molecule has 1 aromatic rings. The van der Waals surface area contributed by atoms with Crippen LogP contribution in [0, 0.1) is 5.92 Å². The van der Waals surface area contributed by atoms with E-state index in [-0.39, 0.29) is 5.25 Å². The van der Waals surface area contributed by atoms with E-state index in [1.165, 1.54) is 5.56 Å². The Labute approximate surface area is 125 Å². The standard InChI is InChI=1S/C16H27NO2S/c1-12(2)9-14-5-7-15(8-6-14)16(18)11-17-10-13(3)20(4)19/h5-8,12-13,16-18H,9-11H2,1-4H3. The van der Waals surface area contributed by atoms with Gasteiger partial charge in [0.1, 0.15) is 0 Å². The van der Waals surface area contributed by atoms with Crippen molar-refractivity contribution in [3.8, 4) is 0 Å². The van der Waals surface area contributed by atoms with Gasteiger partial charge in [-0.1, -0.05) is 38.1 Å². The fourth-order valence-corrected chi connectivity index (χ4v) is 2.36. The van der Waals surface area contributed by atoms with Crippen LogP contribution in [0.25, 0.3) is 0 Å². The van der Waals surface area contributed by atoms with Gasteiger partial charge < -0.3 is 10.4 Å². The predicted molar refractivity (Wildman–Crippen MR) is 86.3 cm³/mol. The molecule has 1 rings (SSSR count). The monoisotopic (exact) mass is 297 g/mol. The highest BCUT2D eigenvalue weighted by molar-refractivity contribution is 7.84. The molecule has 3 atom stereocenters. The van der Waals surface area contributed by atoms with Crippen molar-refractivity contribution in [2.45, 2.75) is 38.5 Å². The lowest BCUT2D eigenvalue weighted by Gasteiger charge is -2.15. The average molecular weight is 297 g/mol. The zero-order valence-corrected chi connectivity index (χ0v) is 13.7. The molecule has 0 radical (unpaired) electrons. The van der Waals surface area contributed by atoms with Crippen LogP contribution in [0.15, 0.2) is 24.3 Å². The summed E-state index contributed by atoms with van der Waals surface area (Å²) in [6.07, 6.45) is 2.26. The Morgan fingerprint density at radius 1 is 1.15 bits per heavy atom. The molecule has 1 aromatic carbocycles. The molecule has 0 amide bonds. The van der Waals surface area contributed by atoms with Crippen LogP contribution in [0.2, 0.25) is 0 Å². The third-order valence-corrected chi connectivity index (χ3v) is 4.64. The zero-order chi connectivity index (χ0) is 15.1. The van der Waals surface area contributed by atoms with Crippen LogP contribution in [-0.4, -0.2) is 33.9 Å². The minimum Gasteiger partial charge on any atom is -0.387 e. The lowest BCUT2D eigenvalue weighted by atomic mass is 10.0. The van der Waals surface area contributed by atoms with Gasteiger partial charge in [0, 0.05) is 35.4 Å². The molecule has 0 aliphatic heterocycles. The van der Waals surface area contributed by atoms with Gasteiger partial charge in [-0.15, -0.1) is 0 Å². The van der Waals surface area contributed by atoms with E-state index in [1.54, 1.807) is 6.26 Å². The van der Waals surface area contributed by atoms with E-state index >= 15 is 0 Å². The van der Waals surface area contributed by atoms with Crippen LogP contribution < -0.4 is 5.32 Å². The lowest BCUT2D eigenvalue weighted by Crippen LogP contribution is -2.30. The predicted octanol–water partition coefficient (Wildman–Crippen LogP) is 2.28. The topological polar surface area (TPSA) is 49.3 Å². The summed E-state index contributed by atoms with van der Waals surface area (Å²) in [6, 6.07) is 8.15. The molecule has 0 saturated carbocycles. The molecule has 0 aromatic heterocycles. The Morgan fingerprint density at radius 3 is 2.25 bits per heavy atom. The van der Waals surface area contributed by atoms with Crippen LogP contribution in [0.4, 0.5) is 0 Å². The number of aliphatic hydroxyl groups is 1. The van der Waals surface area contributed by atoms with E-state index in [4.69, 9.17) is 0 Å². The fraction of sp³-hybridized carbons (Fsp3) is 0.625. The second kappa shape index (κ2) is 8.55. The lowest BCUT2D eigenvalue weighted by molar-refractivity contribution is 0.175. The molecule has 0 bridgehead atoms. The van der Waals surface area contributed by atoms with Crippen LogP contribution in [0.3, 0.4) is 0 Å². The molecule has 3 nitrogen and oxygen atoms in total. The Kier molecular flexibility index (Phi) is 7.41. The van der Waals surface area contributed by atoms with Gasteiger partial charge in [0.05, 0.1) is 6.10 Å². The molecular weight excluding hydrogens is 270 g/mol. The minimum absolute atomic E-state index is 0.107. The van der Waals surface area contributed by atoms with Crippen molar-refractivity contribution in [1.29, 1.82) is 0 Å². The highest BCUT2D eigenvalue weighted by atomic mass is 32.2. The number of aliphatic hydroxyl groups excluding tert-OH is 1. The van der Waals surface area contributed by atoms with Gasteiger partial charge in [-0.2, -0.15) is 0 Å². The first-order valence-electron chi connectivity index (χ1n) is 7.20. The van der Waals surface area contributed by atoms with E-state index in [0.717, 1.165) is 12.0 Å². The molecule has 0 saturated heterocycles. The molecule has 0 aliphatic carbocycles. The average Bonchev–Trinajstić information content (AvgIpc) is 2.38. The molecule has 20 heavy (non-hydrogen) atoms. The first-order valence-corrected chi connectivity index (χ1v) is 8.82. The van der Waals surface area contributed by atoms with Crippen LogP contribution in [-0.2, 0) is 17.2 Å². The normalized spacial score (nSPS) is 16.1.